The maximum absolute atomic E-state index is 9.87. The molecule has 84 valence electrons. The number of nitrogens with one attached hydrogen (secondary N) is 1. The Bertz CT molecular complexity index is 336. The predicted molar refractivity (Wildman–Crippen MR) is 68.3 cm³/mol. The molecule has 1 rings (SSSR count). The number of anilines is 1. The first-order valence-corrected chi connectivity index (χ1v) is 5.96. The maximum atomic E-state index is 9.87. The molecule has 0 radical (unpaired) electrons. The maximum Gasteiger partial charge on any atom is 0.0788 e. The van der Waals surface area contributed by atoms with Crippen molar-refractivity contribution in [3.63, 3.8) is 0 Å². The summed E-state index contributed by atoms with van der Waals surface area (Å²) in [6, 6.07) is 6.09. The third-order valence-corrected chi connectivity index (χ3v) is 3.11. The first kappa shape index (κ1) is 12.5. The van der Waals surface area contributed by atoms with Crippen molar-refractivity contribution in [3.05, 3.63) is 28.2 Å². The van der Waals surface area contributed by atoms with Gasteiger partial charge in [-0.15, -0.1) is 0 Å². The van der Waals surface area contributed by atoms with Crippen molar-refractivity contribution in [1.82, 2.24) is 0 Å². The number of benzene rings is 1. The minimum atomic E-state index is -0.644. The van der Waals surface area contributed by atoms with Gasteiger partial charge < -0.3 is 10.4 Å². The van der Waals surface area contributed by atoms with Crippen molar-refractivity contribution in [2.24, 2.45) is 0 Å². The van der Waals surface area contributed by atoms with Crippen LogP contribution in [0, 0.1) is 6.92 Å². The van der Waals surface area contributed by atoms with Crippen molar-refractivity contribution in [2.75, 3.05) is 11.9 Å². The van der Waals surface area contributed by atoms with E-state index in [2.05, 4.69) is 28.2 Å². The van der Waals surface area contributed by atoms with Gasteiger partial charge in [0.1, 0.15) is 0 Å². The van der Waals surface area contributed by atoms with Gasteiger partial charge in [-0.25, -0.2) is 0 Å². The van der Waals surface area contributed by atoms with E-state index >= 15 is 0 Å². The van der Waals surface area contributed by atoms with E-state index in [9.17, 15) is 5.11 Å². The van der Waals surface area contributed by atoms with E-state index in [0.717, 1.165) is 16.6 Å². The second-order valence-electron chi connectivity index (χ2n) is 4.16. The largest absolute Gasteiger partial charge is 0.388 e. The Morgan fingerprint density at radius 1 is 1.47 bits per heavy atom. The Morgan fingerprint density at radius 2 is 2.13 bits per heavy atom. The minimum Gasteiger partial charge on any atom is -0.388 e. The Labute approximate surface area is 99.8 Å². The minimum absolute atomic E-state index is 0.570. The Morgan fingerprint density at radius 3 is 2.73 bits per heavy atom. The summed E-state index contributed by atoms with van der Waals surface area (Å²) in [4.78, 5) is 0. The van der Waals surface area contributed by atoms with Gasteiger partial charge in [0.15, 0.2) is 0 Å². The summed E-state index contributed by atoms with van der Waals surface area (Å²) in [6.45, 7) is 6.44. The number of hydrogen-bond acceptors (Lipinski definition) is 2. The van der Waals surface area contributed by atoms with E-state index in [1.165, 1.54) is 5.56 Å². The van der Waals surface area contributed by atoms with Crippen LogP contribution in [0.2, 0.25) is 0 Å². The standard InChI is InChI=1S/C12H18BrNO/c1-4-12(3,15)8-14-11-7-10(13)6-5-9(11)2/h5-7,14-15H,4,8H2,1-3H3. The summed E-state index contributed by atoms with van der Waals surface area (Å²) >= 11 is 3.43. The lowest BCUT2D eigenvalue weighted by molar-refractivity contribution is 0.0697. The number of rotatable bonds is 4. The summed E-state index contributed by atoms with van der Waals surface area (Å²) in [5.74, 6) is 0. The molecule has 0 aliphatic rings. The monoisotopic (exact) mass is 271 g/mol. The Hall–Kier alpha value is -0.540. The molecule has 0 amide bonds. The normalized spacial score (nSPS) is 14.7. The van der Waals surface area contributed by atoms with Crippen LogP contribution in [-0.4, -0.2) is 17.3 Å². The van der Waals surface area contributed by atoms with Crippen LogP contribution in [0.4, 0.5) is 5.69 Å². The second-order valence-corrected chi connectivity index (χ2v) is 5.08. The van der Waals surface area contributed by atoms with E-state index in [-0.39, 0.29) is 0 Å². The highest BCUT2D eigenvalue weighted by Gasteiger charge is 2.16. The Balaban J connectivity index is 2.69. The zero-order valence-corrected chi connectivity index (χ0v) is 11.1. The average molecular weight is 272 g/mol. The highest BCUT2D eigenvalue weighted by Crippen LogP contribution is 2.21. The van der Waals surface area contributed by atoms with Crippen LogP contribution in [0.15, 0.2) is 22.7 Å². The van der Waals surface area contributed by atoms with Gasteiger partial charge in [-0.2, -0.15) is 0 Å². The fraction of sp³-hybridized carbons (Fsp3) is 0.500. The molecule has 0 heterocycles. The third-order valence-electron chi connectivity index (χ3n) is 2.62. The lowest BCUT2D eigenvalue weighted by Crippen LogP contribution is -2.32. The molecule has 1 unspecified atom stereocenters. The molecule has 3 heteroatoms. The van der Waals surface area contributed by atoms with Gasteiger partial charge in [-0.05, 0) is 38.0 Å². The first-order valence-electron chi connectivity index (χ1n) is 5.17. The number of halogens is 1. The lowest BCUT2D eigenvalue weighted by Gasteiger charge is -2.23. The zero-order valence-electron chi connectivity index (χ0n) is 9.47. The van der Waals surface area contributed by atoms with E-state index in [0.29, 0.717) is 6.54 Å². The van der Waals surface area contributed by atoms with Crippen LogP contribution in [0.3, 0.4) is 0 Å². The third kappa shape index (κ3) is 3.84. The van der Waals surface area contributed by atoms with Crippen LogP contribution in [0.25, 0.3) is 0 Å². The van der Waals surface area contributed by atoms with E-state index in [1.54, 1.807) is 0 Å². The fourth-order valence-electron chi connectivity index (χ4n) is 1.20. The summed E-state index contributed by atoms with van der Waals surface area (Å²) < 4.78 is 1.05. The van der Waals surface area contributed by atoms with E-state index < -0.39 is 5.60 Å². The van der Waals surface area contributed by atoms with Gasteiger partial charge >= 0.3 is 0 Å². The van der Waals surface area contributed by atoms with Crippen molar-refractivity contribution in [3.8, 4) is 0 Å². The highest BCUT2D eigenvalue weighted by atomic mass is 79.9. The highest BCUT2D eigenvalue weighted by molar-refractivity contribution is 9.10. The molecule has 1 aromatic rings. The quantitative estimate of drug-likeness (QED) is 0.881. The van der Waals surface area contributed by atoms with Crippen LogP contribution >= 0.6 is 15.9 Å². The van der Waals surface area contributed by atoms with Gasteiger partial charge in [0.2, 0.25) is 0 Å². The molecule has 0 fully saturated rings. The van der Waals surface area contributed by atoms with Crippen LogP contribution in [0.5, 0.6) is 0 Å². The predicted octanol–water partition coefficient (Wildman–Crippen LogP) is 3.33. The molecule has 1 aromatic carbocycles. The molecule has 0 aliphatic heterocycles. The molecule has 2 nitrogen and oxygen atoms in total. The Kier molecular flexibility index (Phi) is 4.17. The average Bonchev–Trinajstić information content (AvgIpc) is 2.20. The summed E-state index contributed by atoms with van der Waals surface area (Å²) in [7, 11) is 0. The van der Waals surface area contributed by atoms with E-state index in [1.807, 2.05) is 32.0 Å². The van der Waals surface area contributed by atoms with Crippen molar-refractivity contribution >= 4 is 21.6 Å². The molecular weight excluding hydrogens is 254 g/mol. The fourth-order valence-corrected chi connectivity index (χ4v) is 1.56. The molecule has 15 heavy (non-hydrogen) atoms. The van der Waals surface area contributed by atoms with Crippen molar-refractivity contribution < 1.29 is 5.11 Å². The summed E-state index contributed by atoms with van der Waals surface area (Å²) in [5, 5.41) is 13.1. The molecule has 0 spiro atoms. The summed E-state index contributed by atoms with van der Waals surface area (Å²) in [5.41, 5.74) is 1.61. The van der Waals surface area contributed by atoms with Gasteiger partial charge in [0.05, 0.1) is 5.60 Å². The van der Waals surface area contributed by atoms with Crippen molar-refractivity contribution in [1.29, 1.82) is 0 Å². The molecule has 0 saturated heterocycles. The molecule has 0 bridgehead atoms. The lowest BCUT2D eigenvalue weighted by atomic mass is 10.0. The molecule has 0 aliphatic carbocycles. The van der Waals surface area contributed by atoms with E-state index in [4.69, 9.17) is 0 Å². The molecule has 0 aromatic heterocycles. The van der Waals surface area contributed by atoms with Gasteiger partial charge in [0, 0.05) is 16.7 Å². The molecule has 0 saturated carbocycles. The summed E-state index contributed by atoms with van der Waals surface area (Å²) in [6.07, 6.45) is 0.743. The number of aliphatic hydroxyl groups is 1. The zero-order chi connectivity index (χ0) is 11.5. The van der Waals surface area contributed by atoms with Crippen LogP contribution in [0.1, 0.15) is 25.8 Å². The van der Waals surface area contributed by atoms with Crippen LogP contribution in [-0.2, 0) is 0 Å². The smallest absolute Gasteiger partial charge is 0.0788 e. The molecule has 1 atom stereocenters. The second kappa shape index (κ2) is 4.99. The first-order chi connectivity index (χ1) is 6.94. The van der Waals surface area contributed by atoms with Gasteiger partial charge in [-0.3, -0.25) is 0 Å². The SMILES string of the molecule is CCC(C)(O)CNc1cc(Br)ccc1C. The van der Waals surface area contributed by atoms with Gasteiger partial charge in [0.25, 0.3) is 0 Å². The molecule has 2 N–H and O–H groups in total. The molecular formula is C12H18BrNO. The number of aryl methyl sites for hydroxylation is 1. The topological polar surface area (TPSA) is 32.3 Å². The number of hydrogen-bond donors (Lipinski definition) is 2. The van der Waals surface area contributed by atoms with Gasteiger partial charge in [-0.1, -0.05) is 28.9 Å². The van der Waals surface area contributed by atoms with Crippen LogP contribution < -0.4 is 5.32 Å². The van der Waals surface area contributed by atoms with Crippen molar-refractivity contribution in [2.45, 2.75) is 32.8 Å².